The molecule has 0 aliphatic rings. The summed E-state index contributed by atoms with van der Waals surface area (Å²) in [7, 11) is 2.01. The zero-order valence-electron chi connectivity index (χ0n) is 11.8. The van der Waals surface area contributed by atoms with E-state index in [1.807, 2.05) is 14.0 Å². The summed E-state index contributed by atoms with van der Waals surface area (Å²) >= 11 is 0. The van der Waals surface area contributed by atoms with Crippen molar-refractivity contribution in [3.8, 4) is 0 Å². The van der Waals surface area contributed by atoms with E-state index in [1.165, 1.54) is 0 Å². The summed E-state index contributed by atoms with van der Waals surface area (Å²) in [6.07, 6.45) is 2.17. The molecule has 0 unspecified atom stereocenters. The van der Waals surface area contributed by atoms with Crippen LogP contribution in [0.3, 0.4) is 0 Å². The average Bonchev–Trinajstić information content (AvgIpc) is 2.14. The number of likely N-dealkylation sites (N-methyl/N-ethyl adjacent to an activating group) is 1. The first-order valence-electron chi connectivity index (χ1n) is 6.26. The van der Waals surface area contributed by atoms with Gasteiger partial charge < -0.3 is 5.32 Å². The van der Waals surface area contributed by atoms with E-state index in [2.05, 4.69) is 37.9 Å². The third-order valence-corrected chi connectivity index (χ3v) is 2.59. The molecule has 0 bridgehead atoms. The lowest BCUT2D eigenvalue weighted by Crippen LogP contribution is -2.46. The van der Waals surface area contributed by atoms with Gasteiger partial charge in [-0.25, -0.2) is 0 Å². The Morgan fingerprint density at radius 2 is 1.94 bits per heavy atom. The quantitative estimate of drug-likeness (QED) is 0.707. The minimum Gasteiger partial charge on any atom is -0.355 e. The van der Waals surface area contributed by atoms with Gasteiger partial charge in [-0.2, -0.15) is 0 Å². The summed E-state index contributed by atoms with van der Waals surface area (Å²) in [5.41, 5.74) is 0.229. The molecule has 0 saturated heterocycles. The van der Waals surface area contributed by atoms with Gasteiger partial charge >= 0.3 is 0 Å². The van der Waals surface area contributed by atoms with Crippen LogP contribution in [0.2, 0.25) is 0 Å². The van der Waals surface area contributed by atoms with Crippen molar-refractivity contribution in [2.45, 2.75) is 53.5 Å². The standard InChI is InChI=1S/C13H28N2O/c1-7-8-9-14-12(16)11(2)15(6)10-13(3,4)5/h11H,7-10H2,1-6H3,(H,14,16)/t11-/m0/s1. The molecule has 1 amide bonds. The van der Waals surface area contributed by atoms with E-state index in [0.717, 1.165) is 25.9 Å². The Balaban J connectivity index is 4.01. The van der Waals surface area contributed by atoms with Crippen LogP contribution in [0.5, 0.6) is 0 Å². The van der Waals surface area contributed by atoms with Crippen LogP contribution in [0.25, 0.3) is 0 Å². The minimum absolute atomic E-state index is 0.0453. The predicted octanol–water partition coefficient (Wildman–Crippen LogP) is 2.27. The first kappa shape index (κ1) is 15.4. The van der Waals surface area contributed by atoms with E-state index in [9.17, 15) is 4.79 Å². The largest absolute Gasteiger partial charge is 0.355 e. The molecule has 0 spiro atoms. The molecule has 0 aromatic carbocycles. The number of amides is 1. The highest BCUT2D eigenvalue weighted by atomic mass is 16.2. The lowest BCUT2D eigenvalue weighted by atomic mass is 9.95. The maximum atomic E-state index is 11.8. The molecule has 0 aliphatic heterocycles. The van der Waals surface area contributed by atoms with Crippen molar-refractivity contribution in [2.75, 3.05) is 20.1 Å². The fraction of sp³-hybridized carbons (Fsp3) is 0.923. The van der Waals surface area contributed by atoms with Gasteiger partial charge in [0.1, 0.15) is 0 Å². The maximum Gasteiger partial charge on any atom is 0.237 e. The first-order chi connectivity index (χ1) is 7.28. The van der Waals surface area contributed by atoms with Gasteiger partial charge in [-0.1, -0.05) is 34.1 Å². The Hall–Kier alpha value is -0.570. The molecule has 3 nitrogen and oxygen atoms in total. The van der Waals surface area contributed by atoms with Gasteiger partial charge in [0.25, 0.3) is 0 Å². The number of hydrogen-bond acceptors (Lipinski definition) is 2. The zero-order valence-corrected chi connectivity index (χ0v) is 11.8. The second-order valence-electron chi connectivity index (χ2n) is 5.80. The molecule has 96 valence electrons. The Kier molecular flexibility index (Phi) is 6.65. The molecular formula is C13H28N2O. The van der Waals surface area contributed by atoms with Crippen LogP contribution in [0.15, 0.2) is 0 Å². The van der Waals surface area contributed by atoms with Crippen molar-refractivity contribution in [3.63, 3.8) is 0 Å². The SMILES string of the molecule is CCCCNC(=O)[C@H](C)N(C)CC(C)(C)C. The molecule has 0 fully saturated rings. The van der Waals surface area contributed by atoms with Crippen molar-refractivity contribution >= 4 is 5.91 Å². The highest BCUT2D eigenvalue weighted by Crippen LogP contribution is 2.15. The molecule has 0 aromatic heterocycles. The van der Waals surface area contributed by atoms with Gasteiger partial charge in [0.2, 0.25) is 5.91 Å². The summed E-state index contributed by atoms with van der Waals surface area (Å²) in [4.78, 5) is 13.9. The molecule has 1 atom stereocenters. The third kappa shape index (κ3) is 6.83. The Morgan fingerprint density at radius 3 is 2.38 bits per heavy atom. The summed E-state index contributed by atoms with van der Waals surface area (Å²) < 4.78 is 0. The molecule has 0 aromatic rings. The van der Waals surface area contributed by atoms with E-state index in [-0.39, 0.29) is 17.4 Å². The van der Waals surface area contributed by atoms with Crippen molar-refractivity contribution in [1.29, 1.82) is 0 Å². The van der Waals surface area contributed by atoms with Crippen LogP contribution in [-0.2, 0) is 4.79 Å². The Labute approximate surface area is 101 Å². The van der Waals surface area contributed by atoms with Gasteiger partial charge in [0.15, 0.2) is 0 Å². The van der Waals surface area contributed by atoms with Crippen LogP contribution < -0.4 is 5.32 Å². The van der Waals surface area contributed by atoms with Gasteiger partial charge in [-0.15, -0.1) is 0 Å². The molecule has 0 aliphatic carbocycles. The zero-order chi connectivity index (χ0) is 12.8. The maximum absolute atomic E-state index is 11.8. The highest BCUT2D eigenvalue weighted by Gasteiger charge is 2.21. The number of nitrogens with one attached hydrogen (secondary N) is 1. The van der Waals surface area contributed by atoms with Crippen molar-refractivity contribution in [1.82, 2.24) is 10.2 Å². The Bertz CT molecular complexity index is 208. The third-order valence-electron chi connectivity index (χ3n) is 2.59. The van der Waals surface area contributed by atoms with Gasteiger partial charge in [-0.3, -0.25) is 9.69 Å². The smallest absolute Gasteiger partial charge is 0.237 e. The van der Waals surface area contributed by atoms with Crippen LogP contribution in [0.4, 0.5) is 0 Å². The fourth-order valence-electron chi connectivity index (χ4n) is 1.62. The molecule has 0 rings (SSSR count). The van der Waals surface area contributed by atoms with E-state index < -0.39 is 0 Å². The number of hydrogen-bond donors (Lipinski definition) is 1. The molecule has 1 N–H and O–H groups in total. The van der Waals surface area contributed by atoms with Crippen molar-refractivity contribution in [2.24, 2.45) is 5.41 Å². The lowest BCUT2D eigenvalue weighted by molar-refractivity contribution is -0.125. The topological polar surface area (TPSA) is 32.3 Å². The Morgan fingerprint density at radius 1 is 1.38 bits per heavy atom. The van der Waals surface area contributed by atoms with E-state index in [1.54, 1.807) is 0 Å². The normalized spacial score (nSPS) is 13.9. The van der Waals surface area contributed by atoms with Crippen LogP contribution >= 0.6 is 0 Å². The second-order valence-corrected chi connectivity index (χ2v) is 5.80. The molecule has 3 heteroatoms. The lowest BCUT2D eigenvalue weighted by Gasteiger charge is -2.30. The predicted molar refractivity (Wildman–Crippen MR) is 69.5 cm³/mol. The van der Waals surface area contributed by atoms with Crippen LogP contribution in [0.1, 0.15) is 47.5 Å². The number of carbonyl (C=O) groups excluding carboxylic acids is 1. The van der Waals surface area contributed by atoms with Crippen molar-refractivity contribution < 1.29 is 4.79 Å². The number of rotatable bonds is 6. The highest BCUT2D eigenvalue weighted by molar-refractivity contribution is 5.81. The van der Waals surface area contributed by atoms with Gasteiger partial charge in [0.05, 0.1) is 6.04 Å². The molecule has 0 heterocycles. The van der Waals surface area contributed by atoms with E-state index >= 15 is 0 Å². The first-order valence-corrected chi connectivity index (χ1v) is 6.26. The number of unbranched alkanes of at least 4 members (excludes halogenated alkanes) is 1. The second kappa shape index (κ2) is 6.89. The number of nitrogens with zero attached hydrogens (tertiary/aromatic N) is 1. The van der Waals surface area contributed by atoms with E-state index in [0.29, 0.717) is 0 Å². The monoisotopic (exact) mass is 228 g/mol. The number of carbonyl (C=O) groups is 1. The summed E-state index contributed by atoms with van der Waals surface area (Å²) in [6.45, 7) is 12.4. The van der Waals surface area contributed by atoms with Crippen LogP contribution in [0, 0.1) is 5.41 Å². The van der Waals surface area contributed by atoms with Crippen LogP contribution in [-0.4, -0.2) is 37.0 Å². The minimum atomic E-state index is -0.0453. The molecule has 0 saturated carbocycles. The summed E-state index contributed by atoms with van der Waals surface area (Å²) in [5, 5.41) is 2.97. The van der Waals surface area contributed by atoms with Gasteiger partial charge in [-0.05, 0) is 25.8 Å². The van der Waals surface area contributed by atoms with E-state index in [4.69, 9.17) is 0 Å². The average molecular weight is 228 g/mol. The summed E-state index contributed by atoms with van der Waals surface area (Å²) in [6, 6.07) is -0.0453. The van der Waals surface area contributed by atoms with Crippen molar-refractivity contribution in [3.05, 3.63) is 0 Å². The fourth-order valence-corrected chi connectivity index (χ4v) is 1.62. The molecule has 0 radical (unpaired) electrons. The van der Waals surface area contributed by atoms with Gasteiger partial charge in [0, 0.05) is 13.1 Å². The molecule has 16 heavy (non-hydrogen) atoms. The molecular weight excluding hydrogens is 200 g/mol. The summed E-state index contributed by atoms with van der Waals surface area (Å²) in [5.74, 6) is 0.139.